The highest BCUT2D eigenvalue weighted by molar-refractivity contribution is 6.30. The van der Waals surface area contributed by atoms with Crippen molar-refractivity contribution in [3.05, 3.63) is 40.9 Å². The summed E-state index contributed by atoms with van der Waals surface area (Å²) < 4.78 is 5.61. The number of epoxide rings is 1. The number of carbonyl (C=O) groups excluding carboxylic acids is 1. The van der Waals surface area contributed by atoms with Gasteiger partial charge in [0.2, 0.25) is 0 Å². The van der Waals surface area contributed by atoms with E-state index in [1.807, 2.05) is 30.3 Å². The number of ketones is 1. The van der Waals surface area contributed by atoms with Crippen LogP contribution in [0, 0.1) is 0 Å². The van der Waals surface area contributed by atoms with Crippen molar-refractivity contribution >= 4 is 23.5 Å². The molecule has 1 aliphatic heterocycles. The van der Waals surface area contributed by atoms with Gasteiger partial charge in [-0.3, -0.25) is 4.79 Å². The van der Waals surface area contributed by atoms with Gasteiger partial charge in [-0.25, -0.2) is 0 Å². The van der Waals surface area contributed by atoms with E-state index < -0.39 is 5.60 Å². The Morgan fingerprint density at radius 3 is 2.83 bits per heavy atom. The summed E-state index contributed by atoms with van der Waals surface area (Å²) >= 11 is 5.81. The smallest absolute Gasteiger partial charge is 0.190 e. The van der Waals surface area contributed by atoms with Gasteiger partial charge in [0.05, 0.1) is 6.10 Å². The quantitative estimate of drug-likeness (QED) is 0.615. The number of ether oxygens (including phenoxy) is 1. The molecule has 1 saturated carbocycles. The maximum atomic E-state index is 12.2. The summed E-state index contributed by atoms with van der Waals surface area (Å²) in [6.07, 6.45) is 7.84. The van der Waals surface area contributed by atoms with Crippen LogP contribution in [0.3, 0.4) is 0 Å². The first-order valence-electron chi connectivity index (χ1n) is 6.37. The fraction of sp³-hybridized carbons (Fsp3) is 0.400. The first-order valence-corrected chi connectivity index (χ1v) is 6.74. The molecule has 1 aromatic rings. The first-order chi connectivity index (χ1) is 8.71. The molecule has 0 bridgehead atoms. The van der Waals surface area contributed by atoms with Crippen molar-refractivity contribution in [1.82, 2.24) is 0 Å². The molecule has 18 heavy (non-hydrogen) atoms. The van der Waals surface area contributed by atoms with Gasteiger partial charge in [0.1, 0.15) is 0 Å². The third-order valence-electron chi connectivity index (χ3n) is 3.79. The van der Waals surface area contributed by atoms with Crippen molar-refractivity contribution in [3.8, 4) is 0 Å². The summed E-state index contributed by atoms with van der Waals surface area (Å²) in [6, 6.07) is 7.44. The first kappa shape index (κ1) is 11.9. The molecular formula is C15H15ClO2. The predicted octanol–water partition coefficient (Wildman–Crippen LogP) is 3.63. The molecule has 2 aliphatic rings. The molecule has 0 N–H and O–H groups in total. The molecule has 2 unspecified atom stereocenters. The maximum absolute atomic E-state index is 12.2. The molecule has 1 aromatic carbocycles. The molecule has 2 fully saturated rings. The van der Waals surface area contributed by atoms with Crippen LogP contribution in [0.4, 0.5) is 0 Å². The lowest BCUT2D eigenvalue weighted by molar-refractivity contribution is -0.119. The number of benzene rings is 1. The number of rotatable bonds is 3. The zero-order chi connectivity index (χ0) is 12.6. The van der Waals surface area contributed by atoms with Gasteiger partial charge >= 0.3 is 0 Å². The lowest BCUT2D eigenvalue weighted by Crippen LogP contribution is -2.28. The van der Waals surface area contributed by atoms with E-state index in [0.717, 1.165) is 24.8 Å². The normalized spacial score (nSPS) is 30.2. The van der Waals surface area contributed by atoms with Crippen LogP contribution in [0.25, 0.3) is 6.08 Å². The van der Waals surface area contributed by atoms with Crippen LogP contribution in [0.15, 0.2) is 30.3 Å². The predicted molar refractivity (Wildman–Crippen MR) is 71.6 cm³/mol. The second-order valence-corrected chi connectivity index (χ2v) is 5.43. The summed E-state index contributed by atoms with van der Waals surface area (Å²) in [7, 11) is 0. The summed E-state index contributed by atoms with van der Waals surface area (Å²) in [5, 5.41) is 0.704. The molecule has 1 saturated heterocycles. The highest BCUT2D eigenvalue weighted by Gasteiger charge is 2.61. The highest BCUT2D eigenvalue weighted by atomic mass is 35.5. The second-order valence-electron chi connectivity index (χ2n) is 4.99. The lowest BCUT2D eigenvalue weighted by Gasteiger charge is -2.13. The maximum Gasteiger partial charge on any atom is 0.190 e. The van der Waals surface area contributed by atoms with Gasteiger partial charge in [0, 0.05) is 5.02 Å². The van der Waals surface area contributed by atoms with E-state index in [2.05, 4.69) is 0 Å². The van der Waals surface area contributed by atoms with Crippen molar-refractivity contribution in [3.63, 3.8) is 0 Å². The molecule has 3 rings (SSSR count). The Hall–Kier alpha value is -1.12. The average molecular weight is 263 g/mol. The van der Waals surface area contributed by atoms with Crippen molar-refractivity contribution in [2.24, 2.45) is 0 Å². The van der Waals surface area contributed by atoms with Crippen LogP contribution in [-0.2, 0) is 9.53 Å². The van der Waals surface area contributed by atoms with Crippen LogP contribution in [-0.4, -0.2) is 17.5 Å². The molecule has 94 valence electrons. The van der Waals surface area contributed by atoms with E-state index in [4.69, 9.17) is 16.3 Å². The number of fused-ring (bicyclic) bond motifs is 1. The van der Waals surface area contributed by atoms with Gasteiger partial charge in [0.25, 0.3) is 0 Å². The van der Waals surface area contributed by atoms with Crippen molar-refractivity contribution in [1.29, 1.82) is 0 Å². The zero-order valence-corrected chi connectivity index (χ0v) is 10.8. The van der Waals surface area contributed by atoms with Gasteiger partial charge in [-0.1, -0.05) is 36.2 Å². The molecule has 0 radical (unpaired) electrons. The minimum atomic E-state index is -0.471. The Morgan fingerprint density at radius 1 is 1.33 bits per heavy atom. The highest BCUT2D eigenvalue weighted by Crippen LogP contribution is 2.48. The van der Waals surface area contributed by atoms with Gasteiger partial charge in [-0.15, -0.1) is 0 Å². The van der Waals surface area contributed by atoms with Crippen molar-refractivity contribution in [2.45, 2.75) is 37.4 Å². The Kier molecular flexibility index (Phi) is 3.00. The molecule has 0 amide bonds. The minimum Gasteiger partial charge on any atom is -0.357 e. The molecule has 3 heteroatoms. The van der Waals surface area contributed by atoms with Gasteiger partial charge in [-0.2, -0.15) is 0 Å². The monoisotopic (exact) mass is 262 g/mol. The largest absolute Gasteiger partial charge is 0.357 e. The fourth-order valence-corrected chi connectivity index (χ4v) is 2.80. The van der Waals surface area contributed by atoms with E-state index in [0.29, 0.717) is 5.02 Å². The fourth-order valence-electron chi connectivity index (χ4n) is 2.68. The van der Waals surface area contributed by atoms with E-state index in [9.17, 15) is 4.79 Å². The van der Waals surface area contributed by atoms with Crippen LogP contribution < -0.4 is 0 Å². The SMILES string of the molecule is O=C(C=Cc1ccc(Cl)cc1)C12CCCCC1O2. The molecule has 0 aromatic heterocycles. The third kappa shape index (κ3) is 2.11. The Morgan fingerprint density at radius 2 is 2.11 bits per heavy atom. The summed E-state index contributed by atoms with van der Waals surface area (Å²) in [5.74, 6) is 0.113. The molecular weight excluding hydrogens is 248 g/mol. The number of hydrogen-bond acceptors (Lipinski definition) is 2. The topological polar surface area (TPSA) is 29.6 Å². The van der Waals surface area contributed by atoms with Gasteiger partial charge in [-0.05, 0) is 43.0 Å². The number of halogens is 1. The molecule has 2 atom stereocenters. The minimum absolute atomic E-state index is 0.113. The molecule has 1 aliphatic carbocycles. The van der Waals surface area contributed by atoms with E-state index in [-0.39, 0.29) is 11.9 Å². The molecule has 2 nitrogen and oxygen atoms in total. The standard InChI is InChI=1S/C15H15ClO2/c16-12-7-4-11(5-8-12)6-9-13(17)15-10-2-1-3-14(15)18-15/h4-9,14H,1-3,10H2. The Bertz CT molecular complexity index is 492. The summed E-state index contributed by atoms with van der Waals surface area (Å²) in [5.41, 5.74) is 0.512. The van der Waals surface area contributed by atoms with Gasteiger partial charge < -0.3 is 4.74 Å². The van der Waals surface area contributed by atoms with Crippen LogP contribution in [0.5, 0.6) is 0 Å². The van der Waals surface area contributed by atoms with Crippen molar-refractivity contribution in [2.75, 3.05) is 0 Å². The van der Waals surface area contributed by atoms with E-state index in [1.165, 1.54) is 6.42 Å². The second kappa shape index (κ2) is 4.52. The van der Waals surface area contributed by atoms with E-state index in [1.54, 1.807) is 6.08 Å². The van der Waals surface area contributed by atoms with Crippen molar-refractivity contribution < 1.29 is 9.53 Å². The Balaban J connectivity index is 1.69. The third-order valence-corrected chi connectivity index (χ3v) is 4.05. The zero-order valence-electron chi connectivity index (χ0n) is 10.1. The number of carbonyl (C=O) groups is 1. The number of hydrogen-bond donors (Lipinski definition) is 0. The van der Waals surface area contributed by atoms with Gasteiger partial charge in [0.15, 0.2) is 11.4 Å². The lowest BCUT2D eigenvalue weighted by atomic mass is 9.86. The van der Waals surface area contributed by atoms with Crippen LogP contribution >= 0.6 is 11.6 Å². The average Bonchev–Trinajstić information content (AvgIpc) is 3.13. The van der Waals surface area contributed by atoms with E-state index >= 15 is 0 Å². The molecule has 1 heterocycles. The summed E-state index contributed by atoms with van der Waals surface area (Å²) in [4.78, 5) is 12.2. The van der Waals surface area contributed by atoms with Crippen LogP contribution in [0.2, 0.25) is 5.02 Å². The summed E-state index contributed by atoms with van der Waals surface area (Å²) in [6.45, 7) is 0. The Labute approximate surface area is 112 Å². The molecule has 0 spiro atoms. The van der Waals surface area contributed by atoms with Crippen LogP contribution in [0.1, 0.15) is 31.2 Å².